The molecule has 0 aromatic heterocycles. The summed E-state index contributed by atoms with van der Waals surface area (Å²) in [5.74, 6) is -0.860. The van der Waals surface area contributed by atoms with E-state index in [1.165, 1.54) is 30.1 Å². The van der Waals surface area contributed by atoms with E-state index in [0.717, 1.165) is 11.1 Å². The van der Waals surface area contributed by atoms with E-state index < -0.39 is 21.5 Å². The van der Waals surface area contributed by atoms with Gasteiger partial charge in [-0.25, -0.2) is 13.1 Å². The number of nitrogens with one attached hydrogen (secondary N) is 2. The Balaban J connectivity index is 2.19. The maximum absolute atomic E-state index is 12.8. The molecular weight excluding hydrogens is 438 g/mol. The second-order valence-corrected chi connectivity index (χ2v) is 10.5. The Hall–Kier alpha value is -2.42. The van der Waals surface area contributed by atoms with Crippen LogP contribution in [0.5, 0.6) is 0 Å². The zero-order chi connectivity index (χ0) is 23.6. The molecule has 0 saturated carbocycles. The smallest absolute Gasteiger partial charge is 0.254 e. The van der Waals surface area contributed by atoms with Crippen LogP contribution in [0.15, 0.2) is 41.3 Å². The SMILES string of the molecule is Cc1cccc(NC(=O)CN(C)C(=O)c2ccc(Cl)c(S(=O)(=O)NC(C)(C)C)c2)c1C. The average molecular weight is 466 g/mol. The van der Waals surface area contributed by atoms with Crippen molar-refractivity contribution in [2.24, 2.45) is 0 Å². The van der Waals surface area contributed by atoms with Crippen LogP contribution in [0.4, 0.5) is 5.69 Å². The second-order valence-electron chi connectivity index (χ2n) is 8.46. The monoisotopic (exact) mass is 465 g/mol. The average Bonchev–Trinajstić information content (AvgIpc) is 2.63. The van der Waals surface area contributed by atoms with Gasteiger partial charge in [-0.15, -0.1) is 0 Å². The van der Waals surface area contributed by atoms with Gasteiger partial charge in [0.15, 0.2) is 0 Å². The standard InChI is InChI=1S/C22H28ClN3O4S/c1-14-8-7-9-18(15(14)2)24-20(27)13-26(6)21(28)16-10-11-17(23)19(12-16)31(29,30)25-22(3,4)5/h7-12,25H,13H2,1-6H3,(H,24,27). The Labute approximate surface area is 188 Å². The molecule has 2 rings (SSSR count). The number of nitrogens with zero attached hydrogens (tertiary/aromatic N) is 1. The van der Waals surface area contributed by atoms with Crippen LogP contribution in [0, 0.1) is 13.8 Å². The van der Waals surface area contributed by atoms with Gasteiger partial charge in [-0.1, -0.05) is 23.7 Å². The number of carbonyl (C=O) groups is 2. The van der Waals surface area contributed by atoms with Crippen molar-refractivity contribution in [1.82, 2.24) is 9.62 Å². The first-order valence-electron chi connectivity index (χ1n) is 9.66. The maximum Gasteiger partial charge on any atom is 0.254 e. The van der Waals surface area contributed by atoms with Crippen LogP contribution < -0.4 is 10.0 Å². The Bertz CT molecular complexity index is 1110. The molecule has 0 unspecified atom stereocenters. The molecule has 2 aromatic rings. The van der Waals surface area contributed by atoms with E-state index in [-0.39, 0.29) is 27.9 Å². The third kappa shape index (κ3) is 6.53. The molecule has 2 aromatic carbocycles. The van der Waals surface area contributed by atoms with Crippen molar-refractivity contribution in [3.05, 3.63) is 58.1 Å². The fraction of sp³-hybridized carbons (Fsp3) is 0.364. The maximum atomic E-state index is 12.8. The van der Waals surface area contributed by atoms with Crippen LogP contribution in [-0.4, -0.2) is 44.3 Å². The van der Waals surface area contributed by atoms with Gasteiger partial charge in [-0.3, -0.25) is 9.59 Å². The lowest BCUT2D eigenvalue weighted by molar-refractivity contribution is -0.116. The first-order chi connectivity index (χ1) is 14.2. The number of benzene rings is 2. The zero-order valence-electron chi connectivity index (χ0n) is 18.5. The summed E-state index contributed by atoms with van der Waals surface area (Å²) in [6.45, 7) is 8.76. The molecule has 2 N–H and O–H groups in total. The van der Waals surface area contributed by atoms with Crippen LogP contribution in [0.1, 0.15) is 42.3 Å². The molecule has 31 heavy (non-hydrogen) atoms. The third-order valence-electron chi connectivity index (χ3n) is 4.51. The molecule has 0 atom stereocenters. The van der Waals surface area contributed by atoms with Gasteiger partial charge in [0.05, 0.1) is 11.6 Å². The number of carbonyl (C=O) groups excluding carboxylic acids is 2. The minimum absolute atomic E-state index is 0.00335. The van der Waals surface area contributed by atoms with Crippen molar-refractivity contribution in [2.75, 3.05) is 18.9 Å². The van der Waals surface area contributed by atoms with Crippen LogP contribution in [0.3, 0.4) is 0 Å². The summed E-state index contributed by atoms with van der Waals surface area (Å²) in [5, 5.41) is 2.80. The number of sulfonamides is 1. The van der Waals surface area contributed by atoms with Crippen LogP contribution in [0.2, 0.25) is 5.02 Å². The molecule has 0 heterocycles. The number of rotatable bonds is 6. The van der Waals surface area contributed by atoms with Crippen molar-refractivity contribution < 1.29 is 18.0 Å². The summed E-state index contributed by atoms with van der Waals surface area (Å²) in [6, 6.07) is 9.59. The lowest BCUT2D eigenvalue weighted by Crippen LogP contribution is -2.40. The fourth-order valence-corrected chi connectivity index (χ4v) is 4.83. The summed E-state index contributed by atoms with van der Waals surface area (Å²) < 4.78 is 27.9. The topological polar surface area (TPSA) is 95.6 Å². The van der Waals surface area contributed by atoms with Crippen molar-refractivity contribution >= 4 is 39.1 Å². The van der Waals surface area contributed by atoms with Crippen molar-refractivity contribution in [2.45, 2.75) is 45.1 Å². The Kier molecular flexibility index (Phi) is 7.52. The molecule has 0 aliphatic rings. The molecule has 0 saturated heterocycles. The molecule has 0 aliphatic heterocycles. The Morgan fingerprint density at radius 1 is 1.10 bits per heavy atom. The van der Waals surface area contributed by atoms with Gasteiger partial charge in [0.1, 0.15) is 4.90 Å². The molecule has 0 aliphatic carbocycles. The zero-order valence-corrected chi connectivity index (χ0v) is 20.1. The number of amides is 2. The quantitative estimate of drug-likeness (QED) is 0.679. The summed E-state index contributed by atoms with van der Waals surface area (Å²) >= 11 is 6.09. The minimum Gasteiger partial charge on any atom is -0.332 e. The van der Waals surface area contributed by atoms with Gasteiger partial charge in [0, 0.05) is 23.8 Å². The highest BCUT2D eigenvalue weighted by Crippen LogP contribution is 2.24. The molecule has 9 heteroatoms. The Morgan fingerprint density at radius 3 is 2.35 bits per heavy atom. The molecule has 0 fully saturated rings. The largest absolute Gasteiger partial charge is 0.332 e. The van der Waals surface area contributed by atoms with Crippen LogP contribution >= 0.6 is 11.6 Å². The predicted octanol–water partition coefficient (Wildman–Crippen LogP) is 3.74. The highest BCUT2D eigenvalue weighted by atomic mass is 35.5. The van der Waals surface area contributed by atoms with Gasteiger partial charge >= 0.3 is 0 Å². The molecule has 0 bridgehead atoms. The fourth-order valence-electron chi connectivity index (χ4n) is 2.88. The number of likely N-dealkylation sites (N-methyl/N-ethyl adjacent to an activating group) is 1. The third-order valence-corrected chi connectivity index (χ3v) is 6.75. The molecule has 168 valence electrons. The van der Waals surface area contributed by atoms with Gasteiger partial charge < -0.3 is 10.2 Å². The van der Waals surface area contributed by atoms with E-state index in [4.69, 9.17) is 11.6 Å². The summed E-state index contributed by atoms with van der Waals surface area (Å²) in [5.41, 5.74) is 2.06. The van der Waals surface area contributed by atoms with Crippen molar-refractivity contribution in [3.8, 4) is 0 Å². The first kappa shape index (κ1) is 24.8. The summed E-state index contributed by atoms with van der Waals surface area (Å²) in [6.07, 6.45) is 0. The van der Waals surface area contributed by atoms with E-state index >= 15 is 0 Å². The number of hydrogen-bond acceptors (Lipinski definition) is 4. The predicted molar refractivity (Wildman–Crippen MR) is 123 cm³/mol. The van der Waals surface area contributed by atoms with Crippen LogP contribution in [-0.2, 0) is 14.8 Å². The number of halogens is 1. The Morgan fingerprint density at radius 2 is 1.74 bits per heavy atom. The lowest BCUT2D eigenvalue weighted by atomic mass is 10.1. The van der Waals surface area contributed by atoms with E-state index in [2.05, 4.69) is 10.0 Å². The normalized spacial score (nSPS) is 11.8. The van der Waals surface area contributed by atoms with E-state index in [1.807, 2.05) is 26.0 Å². The van der Waals surface area contributed by atoms with Gasteiger partial charge in [0.25, 0.3) is 5.91 Å². The summed E-state index contributed by atoms with van der Waals surface area (Å²) in [4.78, 5) is 26.3. The minimum atomic E-state index is -3.93. The highest BCUT2D eigenvalue weighted by molar-refractivity contribution is 7.89. The van der Waals surface area contributed by atoms with Crippen LogP contribution in [0.25, 0.3) is 0 Å². The molecule has 0 radical (unpaired) electrons. The van der Waals surface area contributed by atoms with Gasteiger partial charge in [0.2, 0.25) is 15.9 Å². The lowest BCUT2D eigenvalue weighted by Gasteiger charge is -2.22. The molecule has 2 amide bonds. The highest BCUT2D eigenvalue weighted by Gasteiger charge is 2.26. The number of aryl methyl sites for hydroxylation is 1. The van der Waals surface area contributed by atoms with E-state index in [0.29, 0.717) is 5.69 Å². The second kappa shape index (κ2) is 9.38. The van der Waals surface area contributed by atoms with E-state index in [1.54, 1.807) is 26.8 Å². The molecular formula is C22H28ClN3O4S. The van der Waals surface area contributed by atoms with Crippen molar-refractivity contribution in [1.29, 1.82) is 0 Å². The molecule has 7 nitrogen and oxygen atoms in total. The number of hydrogen-bond donors (Lipinski definition) is 2. The summed E-state index contributed by atoms with van der Waals surface area (Å²) in [7, 11) is -2.46. The van der Waals surface area contributed by atoms with Gasteiger partial charge in [-0.2, -0.15) is 0 Å². The van der Waals surface area contributed by atoms with Gasteiger partial charge in [-0.05, 0) is 70.0 Å². The molecule has 0 spiro atoms. The number of anilines is 1. The first-order valence-corrected chi connectivity index (χ1v) is 11.5. The van der Waals surface area contributed by atoms with Crippen molar-refractivity contribution in [3.63, 3.8) is 0 Å². The van der Waals surface area contributed by atoms with E-state index in [9.17, 15) is 18.0 Å².